The Kier molecular flexibility index (Phi) is 8.54. The maximum atomic E-state index is 5.69. The smallest absolute Gasteiger partial charge is 0.240 e. The standard InChI is InChI=1S/2C16H14N4O/c2*1-21-13-9-5-8-12(10-13)15-14(18-16(17)20-19-15)11-6-3-2-4-7-11/h2*2-10H,1H3,(H2,17,18,20). The molecule has 0 aliphatic heterocycles. The van der Waals surface area contributed by atoms with E-state index < -0.39 is 0 Å². The average molecular weight is 557 g/mol. The van der Waals surface area contributed by atoms with Crippen molar-refractivity contribution in [3.05, 3.63) is 109 Å². The molecule has 0 saturated heterocycles. The summed E-state index contributed by atoms with van der Waals surface area (Å²) in [6.07, 6.45) is 0. The topological polar surface area (TPSA) is 148 Å². The van der Waals surface area contributed by atoms with Crippen molar-refractivity contribution in [3.8, 4) is 56.5 Å². The minimum absolute atomic E-state index is 0.153. The lowest BCUT2D eigenvalue weighted by Gasteiger charge is -2.09. The Morgan fingerprint density at radius 1 is 0.429 bits per heavy atom. The Bertz CT molecular complexity index is 1650. The summed E-state index contributed by atoms with van der Waals surface area (Å²) in [6.45, 7) is 0. The van der Waals surface area contributed by atoms with Crippen LogP contribution in [0.1, 0.15) is 0 Å². The van der Waals surface area contributed by atoms with Crippen molar-refractivity contribution in [2.24, 2.45) is 0 Å². The number of rotatable bonds is 6. The Hall–Kier alpha value is -5.90. The molecular weight excluding hydrogens is 528 g/mol. The van der Waals surface area contributed by atoms with Gasteiger partial charge in [-0.1, -0.05) is 84.9 Å². The normalized spacial score (nSPS) is 10.3. The van der Waals surface area contributed by atoms with Crippen LogP contribution in [0.4, 0.5) is 11.9 Å². The van der Waals surface area contributed by atoms with Gasteiger partial charge in [0.15, 0.2) is 0 Å². The zero-order valence-corrected chi connectivity index (χ0v) is 23.0. The quantitative estimate of drug-likeness (QED) is 0.266. The predicted molar refractivity (Wildman–Crippen MR) is 163 cm³/mol. The van der Waals surface area contributed by atoms with E-state index in [1.807, 2.05) is 109 Å². The van der Waals surface area contributed by atoms with Crippen molar-refractivity contribution in [1.29, 1.82) is 0 Å². The number of nitrogens with zero attached hydrogens (tertiary/aromatic N) is 6. The van der Waals surface area contributed by atoms with Crippen LogP contribution in [0.5, 0.6) is 11.5 Å². The molecule has 42 heavy (non-hydrogen) atoms. The van der Waals surface area contributed by atoms with Crippen LogP contribution in [0.25, 0.3) is 45.0 Å². The monoisotopic (exact) mass is 556 g/mol. The molecule has 0 atom stereocenters. The molecule has 2 aromatic heterocycles. The van der Waals surface area contributed by atoms with Gasteiger partial charge in [0, 0.05) is 22.3 Å². The second-order valence-electron chi connectivity index (χ2n) is 8.93. The molecule has 0 amide bonds. The van der Waals surface area contributed by atoms with E-state index in [4.69, 9.17) is 20.9 Å². The van der Waals surface area contributed by atoms with Crippen molar-refractivity contribution >= 4 is 11.9 Å². The van der Waals surface area contributed by atoms with Crippen LogP contribution in [0.2, 0.25) is 0 Å². The summed E-state index contributed by atoms with van der Waals surface area (Å²) in [6, 6.07) is 34.8. The van der Waals surface area contributed by atoms with Gasteiger partial charge in [0.1, 0.15) is 34.3 Å². The van der Waals surface area contributed by atoms with Crippen molar-refractivity contribution < 1.29 is 9.47 Å². The van der Waals surface area contributed by atoms with Gasteiger partial charge in [0.05, 0.1) is 14.2 Å². The lowest BCUT2D eigenvalue weighted by atomic mass is 10.0. The number of aromatic nitrogens is 6. The maximum absolute atomic E-state index is 5.69. The first-order valence-electron chi connectivity index (χ1n) is 13.0. The molecule has 10 heteroatoms. The summed E-state index contributed by atoms with van der Waals surface area (Å²) >= 11 is 0. The number of ether oxygens (including phenoxy) is 2. The fourth-order valence-electron chi connectivity index (χ4n) is 4.20. The van der Waals surface area contributed by atoms with Crippen molar-refractivity contribution in [3.63, 3.8) is 0 Å². The predicted octanol–water partition coefficient (Wildman–Crippen LogP) is 5.59. The van der Waals surface area contributed by atoms with Gasteiger partial charge in [-0.25, -0.2) is 9.97 Å². The van der Waals surface area contributed by atoms with Crippen LogP contribution in [0, 0.1) is 0 Å². The first kappa shape index (κ1) is 27.7. The Morgan fingerprint density at radius 3 is 1.19 bits per heavy atom. The highest BCUT2D eigenvalue weighted by molar-refractivity contribution is 5.79. The van der Waals surface area contributed by atoms with Gasteiger partial charge in [-0.05, 0) is 24.3 Å². The lowest BCUT2D eigenvalue weighted by molar-refractivity contribution is 0.415. The van der Waals surface area contributed by atoms with Gasteiger partial charge in [0.25, 0.3) is 0 Å². The molecule has 208 valence electrons. The zero-order chi connectivity index (χ0) is 29.3. The molecule has 0 unspecified atom stereocenters. The van der Waals surface area contributed by atoms with Crippen LogP contribution in [0.3, 0.4) is 0 Å². The number of methoxy groups -OCH3 is 2. The first-order valence-corrected chi connectivity index (χ1v) is 13.0. The van der Waals surface area contributed by atoms with Crippen molar-refractivity contribution in [1.82, 2.24) is 30.4 Å². The van der Waals surface area contributed by atoms with Gasteiger partial charge < -0.3 is 20.9 Å². The summed E-state index contributed by atoms with van der Waals surface area (Å²) in [7, 11) is 3.26. The van der Waals surface area contributed by atoms with Crippen LogP contribution >= 0.6 is 0 Å². The summed E-state index contributed by atoms with van der Waals surface area (Å²) in [5, 5.41) is 16.2. The first-order chi connectivity index (χ1) is 20.6. The largest absolute Gasteiger partial charge is 0.497 e. The second kappa shape index (κ2) is 13.0. The summed E-state index contributed by atoms with van der Waals surface area (Å²) < 4.78 is 10.5. The highest BCUT2D eigenvalue weighted by Gasteiger charge is 2.14. The van der Waals surface area contributed by atoms with Gasteiger partial charge >= 0.3 is 0 Å². The average Bonchev–Trinajstić information content (AvgIpc) is 3.06. The highest BCUT2D eigenvalue weighted by atomic mass is 16.5. The molecule has 10 nitrogen and oxygen atoms in total. The number of hydrogen-bond donors (Lipinski definition) is 2. The van der Waals surface area contributed by atoms with Crippen LogP contribution in [-0.4, -0.2) is 44.6 Å². The second-order valence-corrected chi connectivity index (χ2v) is 8.93. The van der Waals surface area contributed by atoms with Gasteiger partial charge in [-0.2, -0.15) is 0 Å². The van der Waals surface area contributed by atoms with E-state index in [1.54, 1.807) is 14.2 Å². The third-order valence-corrected chi connectivity index (χ3v) is 6.19. The van der Waals surface area contributed by atoms with E-state index in [0.717, 1.165) is 33.8 Å². The lowest BCUT2D eigenvalue weighted by Crippen LogP contribution is -2.02. The van der Waals surface area contributed by atoms with Gasteiger partial charge in [-0.15, -0.1) is 20.4 Å². The number of nitrogens with two attached hydrogens (primary N) is 2. The zero-order valence-electron chi connectivity index (χ0n) is 23.0. The van der Waals surface area contributed by atoms with E-state index in [2.05, 4.69) is 30.4 Å². The Balaban J connectivity index is 0.000000168. The molecular formula is C32H28N8O2. The van der Waals surface area contributed by atoms with Crippen LogP contribution in [-0.2, 0) is 0 Å². The number of anilines is 2. The van der Waals surface area contributed by atoms with E-state index >= 15 is 0 Å². The molecule has 6 rings (SSSR count). The highest BCUT2D eigenvalue weighted by Crippen LogP contribution is 2.31. The third-order valence-electron chi connectivity index (χ3n) is 6.19. The number of nitrogen functional groups attached to an aromatic ring is 2. The van der Waals surface area contributed by atoms with Crippen molar-refractivity contribution in [2.75, 3.05) is 25.7 Å². The maximum Gasteiger partial charge on any atom is 0.240 e. The van der Waals surface area contributed by atoms with Crippen molar-refractivity contribution in [2.45, 2.75) is 0 Å². The fourth-order valence-corrected chi connectivity index (χ4v) is 4.20. The molecule has 0 aliphatic rings. The molecule has 0 fully saturated rings. The molecule has 2 heterocycles. The van der Waals surface area contributed by atoms with Gasteiger partial charge in [0.2, 0.25) is 11.9 Å². The van der Waals surface area contributed by atoms with E-state index in [1.165, 1.54) is 0 Å². The molecule has 4 N–H and O–H groups in total. The van der Waals surface area contributed by atoms with E-state index in [-0.39, 0.29) is 11.9 Å². The number of benzene rings is 4. The molecule has 4 aromatic carbocycles. The molecule has 0 aliphatic carbocycles. The summed E-state index contributed by atoms with van der Waals surface area (Å²) in [5.74, 6) is 1.82. The summed E-state index contributed by atoms with van der Waals surface area (Å²) in [4.78, 5) is 8.68. The molecule has 0 radical (unpaired) electrons. The van der Waals surface area contributed by atoms with E-state index in [0.29, 0.717) is 22.8 Å². The molecule has 6 aromatic rings. The minimum Gasteiger partial charge on any atom is -0.497 e. The van der Waals surface area contributed by atoms with Crippen LogP contribution < -0.4 is 20.9 Å². The SMILES string of the molecule is COc1cccc(-c2nnc(N)nc2-c2ccccc2)c1.COc1cccc(-c2nnc(N)nc2-c2ccccc2)c1. The summed E-state index contributed by atoms with van der Waals surface area (Å²) in [5.41, 5.74) is 17.8. The molecule has 0 spiro atoms. The molecule has 0 bridgehead atoms. The van der Waals surface area contributed by atoms with E-state index in [9.17, 15) is 0 Å². The Morgan fingerprint density at radius 2 is 0.810 bits per heavy atom. The fraction of sp³-hybridized carbons (Fsp3) is 0.0625. The van der Waals surface area contributed by atoms with Gasteiger partial charge in [-0.3, -0.25) is 0 Å². The van der Waals surface area contributed by atoms with Crippen LogP contribution in [0.15, 0.2) is 109 Å². The Labute approximate surface area is 243 Å². The molecule has 0 saturated carbocycles. The third kappa shape index (κ3) is 6.45. The number of hydrogen-bond acceptors (Lipinski definition) is 10. The minimum atomic E-state index is 0.153.